The third-order valence-electron chi connectivity index (χ3n) is 2.54. The number of aryl methyl sites for hydroxylation is 2. The SMILES string of the molecule is Cc1cc2oc(C(=O)Cl)cc(=O)c2cc1C. The fraction of sp³-hybridized carbons (Fsp3) is 0.167. The molecule has 1 aromatic heterocycles. The van der Waals surface area contributed by atoms with Gasteiger partial charge in [0, 0.05) is 6.07 Å². The molecule has 82 valence electrons. The van der Waals surface area contributed by atoms with E-state index in [1.807, 2.05) is 13.8 Å². The lowest BCUT2D eigenvalue weighted by Gasteiger charge is -2.03. The summed E-state index contributed by atoms with van der Waals surface area (Å²) in [6.45, 7) is 3.82. The molecule has 0 aliphatic rings. The van der Waals surface area contributed by atoms with Gasteiger partial charge in [0.05, 0.1) is 5.39 Å². The minimum absolute atomic E-state index is 0.123. The molecule has 16 heavy (non-hydrogen) atoms. The zero-order valence-electron chi connectivity index (χ0n) is 8.83. The van der Waals surface area contributed by atoms with Crippen molar-refractivity contribution in [3.8, 4) is 0 Å². The van der Waals surface area contributed by atoms with E-state index in [9.17, 15) is 9.59 Å². The maximum Gasteiger partial charge on any atom is 0.287 e. The molecule has 0 unspecified atom stereocenters. The van der Waals surface area contributed by atoms with Crippen LogP contribution in [0.25, 0.3) is 11.0 Å². The highest BCUT2D eigenvalue weighted by atomic mass is 35.5. The van der Waals surface area contributed by atoms with Crippen LogP contribution in [-0.2, 0) is 0 Å². The quantitative estimate of drug-likeness (QED) is 0.716. The van der Waals surface area contributed by atoms with Crippen LogP contribution in [0.4, 0.5) is 0 Å². The normalized spacial score (nSPS) is 10.7. The smallest absolute Gasteiger partial charge is 0.287 e. The monoisotopic (exact) mass is 236 g/mol. The van der Waals surface area contributed by atoms with Gasteiger partial charge in [0.15, 0.2) is 11.2 Å². The topological polar surface area (TPSA) is 47.3 Å². The lowest BCUT2D eigenvalue weighted by molar-refractivity contribution is 0.105. The van der Waals surface area contributed by atoms with Crippen molar-refractivity contribution in [1.29, 1.82) is 0 Å². The number of carbonyl (C=O) groups is 1. The second kappa shape index (κ2) is 3.76. The number of hydrogen-bond donors (Lipinski definition) is 0. The van der Waals surface area contributed by atoms with Crippen LogP contribution in [-0.4, -0.2) is 5.24 Å². The van der Waals surface area contributed by atoms with E-state index < -0.39 is 5.24 Å². The van der Waals surface area contributed by atoms with Gasteiger partial charge in [-0.3, -0.25) is 9.59 Å². The summed E-state index contributed by atoms with van der Waals surface area (Å²) in [5, 5.41) is -0.304. The molecule has 1 heterocycles. The second-order valence-corrected chi connectivity index (χ2v) is 4.02. The van der Waals surface area contributed by atoms with Gasteiger partial charge < -0.3 is 4.42 Å². The summed E-state index contributed by atoms with van der Waals surface area (Å²) in [6, 6.07) is 4.60. The number of carbonyl (C=O) groups excluding carboxylic acids is 1. The summed E-state index contributed by atoms with van der Waals surface area (Å²) in [6.07, 6.45) is 0. The van der Waals surface area contributed by atoms with Crippen LogP contribution in [0.2, 0.25) is 0 Å². The lowest BCUT2D eigenvalue weighted by Crippen LogP contribution is -2.04. The molecule has 2 aromatic rings. The van der Waals surface area contributed by atoms with Crippen molar-refractivity contribution in [3.63, 3.8) is 0 Å². The maximum atomic E-state index is 11.7. The van der Waals surface area contributed by atoms with E-state index in [2.05, 4.69) is 0 Å². The molecular weight excluding hydrogens is 228 g/mol. The number of benzene rings is 1. The Morgan fingerprint density at radius 3 is 2.44 bits per heavy atom. The largest absolute Gasteiger partial charge is 0.451 e. The van der Waals surface area contributed by atoms with Crippen LogP contribution < -0.4 is 5.43 Å². The van der Waals surface area contributed by atoms with Crippen molar-refractivity contribution in [1.82, 2.24) is 0 Å². The first-order chi connectivity index (χ1) is 7.49. The van der Waals surface area contributed by atoms with Crippen molar-refractivity contribution in [2.75, 3.05) is 0 Å². The molecule has 3 nitrogen and oxygen atoms in total. The Morgan fingerprint density at radius 2 is 1.81 bits per heavy atom. The minimum atomic E-state index is -0.766. The Morgan fingerprint density at radius 1 is 1.19 bits per heavy atom. The molecule has 1 aromatic carbocycles. The maximum absolute atomic E-state index is 11.7. The Balaban J connectivity index is 2.88. The molecule has 0 saturated heterocycles. The molecule has 4 heteroatoms. The van der Waals surface area contributed by atoms with Gasteiger partial charge in [-0.25, -0.2) is 0 Å². The zero-order valence-corrected chi connectivity index (χ0v) is 9.59. The van der Waals surface area contributed by atoms with Gasteiger partial charge in [0.2, 0.25) is 0 Å². The van der Waals surface area contributed by atoms with Crippen LogP contribution in [0.5, 0.6) is 0 Å². The predicted molar refractivity (Wildman–Crippen MR) is 62.1 cm³/mol. The van der Waals surface area contributed by atoms with Gasteiger partial charge in [-0.15, -0.1) is 0 Å². The van der Waals surface area contributed by atoms with E-state index >= 15 is 0 Å². The Labute approximate surface area is 96.6 Å². The second-order valence-electron chi connectivity index (χ2n) is 3.68. The van der Waals surface area contributed by atoms with Crippen LogP contribution in [0.15, 0.2) is 27.4 Å². The van der Waals surface area contributed by atoms with Gasteiger partial charge in [-0.1, -0.05) is 0 Å². The molecule has 0 saturated carbocycles. The zero-order chi connectivity index (χ0) is 11.9. The van der Waals surface area contributed by atoms with Crippen molar-refractivity contribution in [2.24, 2.45) is 0 Å². The molecule has 0 radical (unpaired) electrons. The van der Waals surface area contributed by atoms with Crippen molar-refractivity contribution in [2.45, 2.75) is 13.8 Å². The standard InChI is InChI=1S/C12H9ClO3/c1-6-3-8-9(14)5-11(12(13)15)16-10(8)4-7(6)2/h3-5H,1-2H3. The van der Waals surface area contributed by atoms with Gasteiger partial charge in [-0.2, -0.15) is 0 Å². The highest BCUT2D eigenvalue weighted by Gasteiger charge is 2.10. The molecule has 0 bridgehead atoms. The summed E-state index contributed by atoms with van der Waals surface area (Å²) >= 11 is 5.28. The first-order valence-corrected chi connectivity index (χ1v) is 5.12. The van der Waals surface area contributed by atoms with Crippen molar-refractivity contribution >= 4 is 27.8 Å². The molecule has 2 rings (SSSR count). The summed E-state index contributed by atoms with van der Waals surface area (Å²) in [7, 11) is 0. The Kier molecular flexibility index (Phi) is 2.56. The van der Waals surface area contributed by atoms with Gasteiger partial charge in [-0.05, 0) is 48.7 Å². The van der Waals surface area contributed by atoms with Crippen LogP contribution in [0, 0.1) is 13.8 Å². The average molecular weight is 237 g/mol. The van der Waals surface area contributed by atoms with Gasteiger partial charge in [0.1, 0.15) is 5.58 Å². The van der Waals surface area contributed by atoms with E-state index in [-0.39, 0.29) is 11.2 Å². The van der Waals surface area contributed by atoms with Crippen LogP contribution in [0.1, 0.15) is 21.7 Å². The average Bonchev–Trinajstić information content (AvgIpc) is 2.20. The van der Waals surface area contributed by atoms with E-state index in [0.29, 0.717) is 11.0 Å². The van der Waals surface area contributed by atoms with Gasteiger partial charge >= 0.3 is 0 Å². The molecular formula is C12H9ClO3. The summed E-state index contributed by atoms with van der Waals surface area (Å²) in [4.78, 5) is 22.6. The highest BCUT2D eigenvalue weighted by molar-refractivity contribution is 6.67. The summed E-state index contributed by atoms with van der Waals surface area (Å²) in [5.74, 6) is -0.123. The Hall–Kier alpha value is -1.61. The first kappa shape index (κ1) is 10.9. The molecule has 0 aliphatic carbocycles. The molecule has 0 aliphatic heterocycles. The minimum Gasteiger partial charge on any atom is -0.451 e. The fourth-order valence-electron chi connectivity index (χ4n) is 1.51. The van der Waals surface area contributed by atoms with Crippen LogP contribution in [0.3, 0.4) is 0 Å². The lowest BCUT2D eigenvalue weighted by atomic mass is 10.1. The third kappa shape index (κ3) is 1.74. The number of fused-ring (bicyclic) bond motifs is 1. The van der Waals surface area contributed by atoms with E-state index in [1.54, 1.807) is 12.1 Å². The van der Waals surface area contributed by atoms with Gasteiger partial charge in [0.25, 0.3) is 5.24 Å². The predicted octanol–water partition coefficient (Wildman–Crippen LogP) is 2.79. The number of rotatable bonds is 1. The molecule has 0 atom stereocenters. The summed E-state index contributed by atoms with van der Waals surface area (Å²) < 4.78 is 5.26. The van der Waals surface area contributed by atoms with Crippen molar-refractivity contribution < 1.29 is 9.21 Å². The molecule has 0 N–H and O–H groups in total. The third-order valence-corrected chi connectivity index (χ3v) is 2.72. The highest BCUT2D eigenvalue weighted by Crippen LogP contribution is 2.18. The first-order valence-electron chi connectivity index (χ1n) is 4.74. The summed E-state index contributed by atoms with van der Waals surface area (Å²) in [5.41, 5.74) is 2.13. The number of halogens is 1. The molecule has 0 amide bonds. The van der Waals surface area contributed by atoms with E-state index in [4.69, 9.17) is 16.0 Å². The van der Waals surface area contributed by atoms with Crippen LogP contribution >= 0.6 is 11.6 Å². The van der Waals surface area contributed by atoms with Crippen molar-refractivity contribution in [3.05, 3.63) is 45.3 Å². The van der Waals surface area contributed by atoms with E-state index in [0.717, 1.165) is 17.2 Å². The van der Waals surface area contributed by atoms with E-state index in [1.165, 1.54) is 0 Å². The fourth-order valence-corrected chi connectivity index (χ4v) is 1.60. The number of hydrogen-bond acceptors (Lipinski definition) is 3. The molecule has 0 fully saturated rings. The Bertz CT molecular complexity index is 640. The molecule has 0 spiro atoms.